The topological polar surface area (TPSA) is 26.0 Å². The van der Waals surface area contributed by atoms with Gasteiger partial charge in [-0.25, -0.2) is 4.98 Å². The molecule has 0 aliphatic heterocycles. The summed E-state index contributed by atoms with van der Waals surface area (Å²) in [6.07, 6.45) is 0. The predicted octanol–water partition coefficient (Wildman–Crippen LogP) is 5.90. The summed E-state index contributed by atoms with van der Waals surface area (Å²) in [6.45, 7) is 4.22. The van der Waals surface area contributed by atoms with Gasteiger partial charge in [0.1, 0.15) is 5.58 Å². The van der Waals surface area contributed by atoms with E-state index in [2.05, 4.69) is 68.4 Å². The van der Waals surface area contributed by atoms with Crippen LogP contribution in [0.4, 0.5) is 0 Å². The van der Waals surface area contributed by atoms with Gasteiger partial charge in [-0.2, -0.15) is 0 Å². The van der Waals surface area contributed by atoms with Gasteiger partial charge < -0.3 is 4.42 Å². The third-order valence-corrected chi connectivity index (χ3v) is 4.84. The Hall–Kier alpha value is -2.87. The normalized spacial score (nSPS) is 11.9. The molecule has 0 aliphatic rings. The molecule has 5 aromatic rings. The van der Waals surface area contributed by atoms with Gasteiger partial charge in [0, 0.05) is 21.5 Å². The van der Waals surface area contributed by atoms with Crippen molar-refractivity contribution in [3.8, 4) is 0 Å². The minimum Gasteiger partial charge on any atom is -0.437 e. The fourth-order valence-electron chi connectivity index (χ4n) is 3.39. The molecular weight excluding hydrogens is 282 g/mol. The highest BCUT2D eigenvalue weighted by Gasteiger charge is 2.13. The van der Waals surface area contributed by atoms with Crippen molar-refractivity contribution in [3.63, 3.8) is 0 Å². The van der Waals surface area contributed by atoms with Gasteiger partial charge in [-0.15, -0.1) is 0 Å². The SMILES string of the molecule is Cc1ccc2c(oc3nc4c(ccc5ccccc54)cc32)c1C. The zero-order valence-corrected chi connectivity index (χ0v) is 13.1. The number of aryl methyl sites for hydroxylation is 2. The zero-order chi connectivity index (χ0) is 15.6. The summed E-state index contributed by atoms with van der Waals surface area (Å²) >= 11 is 0. The first-order valence-corrected chi connectivity index (χ1v) is 7.83. The molecule has 2 nitrogen and oxygen atoms in total. The Morgan fingerprint density at radius 3 is 2.52 bits per heavy atom. The second kappa shape index (κ2) is 4.32. The van der Waals surface area contributed by atoms with Crippen LogP contribution in [0.25, 0.3) is 43.7 Å². The number of rotatable bonds is 0. The molecule has 0 amide bonds. The largest absolute Gasteiger partial charge is 0.437 e. The van der Waals surface area contributed by atoms with E-state index >= 15 is 0 Å². The van der Waals surface area contributed by atoms with E-state index in [-0.39, 0.29) is 0 Å². The molecule has 0 unspecified atom stereocenters. The summed E-state index contributed by atoms with van der Waals surface area (Å²) in [6, 6.07) is 19.1. The molecule has 5 rings (SSSR count). The number of hydrogen-bond acceptors (Lipinski definition) is 2. The molecule has 0 spiro atoms. The smallest absolute Gasteiger partial charge is 0.227 e. The molecule has 3 aromatic carbocycles. The Kier molecular flexibility index (Phi) is 2.38. The van der Waals surface area contributed by atoms with Crippen LogP contribution in [0.2, 0.25) is 0 Å². The van der Waals surface area contributed by atoms with Crippen LogP contribution in [0.15, 0.2) is 59.0 Å². The molecule has 0 N–H and O–H groups in total. The highest BCUT2D eigenvalue weighted by atomic mass is 16.3. The lowest BCUT2D eigenvalue weighted by atomic mass is 10.0. The molecule has 0 bridgehead atoms. The maximum absolute atomic E-state index is 6.11. The van der Waals surface area contributed by atoms with Crippen molar-refractivity contribution >= 4 is 43.7 Å². The van der Waals surface area contributed by atoms with Gasteiger partial charge in [-0.3, -0.25) is 0 Å². The lowest BCUT2D eigenvalue weighted by Gasteiger charge is -2.02. The van der Waals surface area contributed by atoms with Gasteiger partial charge in [0.05, 0.1) is 5.52 Å². The molecule has 0 aliphatic carbocycles. The third-order valence-electron chi connectivity index (χ3n) is 4.84. The zero-order valence-electron chi connectivity index (χ0n) is 13.1. The van der Waals surface area contributed by atoms with Gasteiger partial charge in [-0.1, -0.05) is 48.5 Å². The lowest BCUT2D eigenvalue weighted by molar-refractivity contribution is 0.652. The lowest BCUT2D eigenvalue weighted by Crippen LogP contribution is -1.82. The minimum absolute atomic E-state index is 0.720. The van der Waals surface area contributed by atoms with Crippen LogP contribution in [0, 0.1) is 13.8 Å². The monoisotopic (exact) mass is 297 g/mol. The van der Waals surface area contributed by atoms with E-state index in [0.29, 0.717) is 0 Å². The van der Waals surface area contributed by atoms with Crippen LogP contribution in [0.3, 0.4) is 0 Å². The van der Waals surface area contributed by atoms with E-state index < -0.39 is 0 Å². The highest BCUT2D eigenvalue weighted by molar-refractivity contribution is 6.13. The summed E-state index contributed by atoms with van der Waals surface area (Å²) in [5.41, 5.74) is 5.11. The van der Waals surface area contributed by atoms with E-state index in [0.717, 1.165) is 33.0 Å². The molecule has 110 valence electrons. The molecule has 23 heavy (non-hydrogen) atoms. The average molecular weight is 297 g/mol. The summed E-state index contributed by atoms with van der Waals surface area (Å²) in [5, 5.41) is 5.75. The second-order valence-corrected chi connectivity index (χ2v) is 6.19. The number of aromatic nitrogens is 1. The maximum atomic E-state index is 6.11. The Balaban J connectivity index is 2.01. The van der Waals surface area contributed by atoms with E-state index in [1.165, 1.54) is 21.9 Å². The summed E-state index contributed by atoms with van der Waals surface area (Å²) < 4.78 is 6.11. The van der Waals surface area contributed by atoms with Crippen molar-refractivity contribution in [2.24, 2.45) is 0 Å². The van der Waals surface area contributed by atoms with Crippen LogP contribution in [0.1, 0.15) is 11.1 Å². The molecule has 0 saturated heterocycles. The molecule has 0 saturated carbocycles. The van der Waals surface area contributed by atoms with E-state index in [1.807, 2.05) is 0 Å². The standard InChI is InChI=1S/C21H15NO/c1-12-7-10-17-18-11-15-9-8-14-5-3-4-6-16(14)19(15)22-21(18)23-20(17)13(12)2/h3-11H,1-2H3. The number of pyridine rings is 1. The number of fused-ring (bicyclic) bond motifs is 6. The van der Waals surface area contributed by atoms with E-state index in [4.69, 9.17) is 9.40 Å². The van der Waals surface area contributed by atoms with Crippen molar-refractivity contribution in [1.29, 1.82) is 0 Å². The first-order chi connectivity index (χ1) is 11.2. The Morgan fingerprint density at radius 2 is 1.61 bits per heavy atom. The Bertz CT molecular complexity index is 1230. The molecule has 0 radical (unpaired) electrons. The van der Waals surface area contributed by atoms with Gasteiger partial charge in [-0.05, 0) is 36.4 Å². The predicted molar refractivity (Wildman–Crippen MR) is 96.0 cm³/mol. The molecule has 0 atom stereocenters. The van der Waals surface area contributed by atoms with E-state index in [9.17, 15) is 0 Å². The van der Waals surface area contributed by atoms with Crippen LogP contribution in [0.5, 0.6) is 0 Å². The van der Waals surface area contributed by atoms with Gasteiger partial charge >= 0.3 is 0 Å². The number of furan rings is 1. The van der Waals surface area contributed by atoms with Crippen molar-refractivity contribution < 1.29 is 4.42 Å². The van der Waals surface area contributed by atoms with E-state index in [1.54, 1.807) is 0 Å². The molecule has 2 heterocycles. The van der Waals surface area contributed by atoms with Gasteiger partial charge in [0.25, 0.3) is 0 Å². The van der Waals surface area contributed by atoms with Crippen LogP contribution in [-0.2, 0) is 0 Å². The maximum Gasteiger partial charge on any atom is 0.227 e. The van der Waals surface area contributed by atoms with Crippen molar-refractivity contribution in [2.45, 2.75) is 13.8 Å². The van der Waals surface area contributed by atoms with Crippen LogP contribution in [-0.4, -0.2) is 4.98 Å². The molecule has 2 heteroatoms. The quantitative estimate of drug-likeness (QED) is 0.332. The number of hydrogen-bond donors (Lipinski definition) is 0. The highest BCUT2D eigenvalue weighted by Crippen LogP contribution is 2.34. The first-order valence-electron chi connectivity index (χ1n) is 7.83. The van der Waals surface area contributed by atoms with Gasteiger partial charge in [0.2, 0.25) is 5.71 Å². The first kappa shape index (κ1) is 12.7. The summed E-state index contributed by atoms with van der Waals surface area (Å²) in [5.74, 6) is 0. The minimum atomic E-state index is 0.720. The summed E-state index contributed by atoms with van der Waals surface area (Å²) in [4.78, 5) is 4.85. The molecule has 0 fully saturated rings. The average Bonchev–Trinajstić information content (AvgIpc) is 2.94. The fraction of sp³-hybridized carbons (Fsp3) is 0.0952. The van der Waals surface area contributed by atoms with Crippen molar-refractivity contribution in [2.75, 3.05) is 0 Å². The molecular formula is C21H15NO. The van der Waals surface area contributed by atoms with Crippen LogP contribution < -0.4 is 0 Å². The Labute approximate surface area is 133 Å². The molecule has 2 aromatic heterocycles. The van der Waals surface area contributed by atoms with Crippen LogP contribution >= 0.6 is 0 Å². The third kappa shape index (κ3) is 1.66. The number of nitrogens with zero attached hydrogens (tertiary/aromatic N) is 1. The Morgan fingerprint density at radius 1 is 0.783 bits per heavy atom. The van der Waals surface area contributed by atoms with Crippen molar-refractivity contribution in [3.05, 3.63) is 65.7 Å². The van der Waals surface area contributed by atoms with Gasteiger partial charge in [0.15, 0.2) is 0 Å². The summed E-state index contributed by atoms with van der Waals surface area (Å²) in [7, 11) is 0. The van der Waals surface area contributed by atoms with Crippen molar-refractivity contribution in [1.82, 2.24) is 4.98 Å². The second-order valence-electron chi connectivity index (χ2n) is 6.19. The fourth-order valence-corrected chi connectivity index (χ4v) is 3.39. The number of benzene rings is 3.